The zero-order valence-electron chi connectivity index (χ0n) is 12.6. The van der Waals surface area contributed by atoms with Gasteiger partial charge in [0.25, 0.3) is 0 Å². The van der Waals surface area contributed by atoms with Gasteiger partial charge in [-0.1, -0.05) is 12.8 Å². The van der Waals surface area contributed by atoms with E-state index >= 15 is 0 Å². The number of primary amides is 1. The van der Waals surface area contributed by atoms with Crippen molar-refractivity contribution in [3.05, 3.63) is 6.42 Å². The number of sulfone groups is 1. The van der Waals surface area contributed by atoms with Crippen LogP contribution in [0, 0.1) is 23.7 Å². The summed E-state index contributed by atoms with van der Waals surface area (Å²) in [6.07, 6.45) is 10.1. The van der Waals surface area contributed by atoms with E-state index in [-0.39, 0.29) is 11.2 Å². The number of hydrogen-bond acceptors (Lipinski definition) is 3. The molecule has 1 radical (unpaired) electrons. The number of amides is 1. The second-order valence-corrected chi connectivity index (χ2v) is 9.70. The van der Waals surface area contributed by atoms with E-state index in [0.29, 0.717) is 37.4 Å². The van der Waals surface area contributed by atoms with Gasteiger partial charge in [0, 0.05) is 0 Å². The molecule has 2 N–H and O–H groups in total. The van der Waals surface area contributed by atoms with Crippen molar-refractivity contribution in [3.63, 3.8) is 0 Å². The molecule has 3 aliphatic carbocycles. The first kappa shape index (κ1) is 15.3. The Morgan fingerprint density at radius 2 is 1.62 bits per heavy atom. The predicted molar refractivity (Wildman–Crippen MR) is 82.0 cm³/mol. The molecular formula is C16H26NO3S. The van der Waals surface area contributed by atoms with Gasteiger partial charge in [0.15, 0.2) is 9.84 Å². The molecule has 0 spiro atoms. The summed E-state index contributed by atoms with van der Waals surface area (Å²) in [6.45, 7) is 0. The normalized spacial score (nSPS) is 33.8. The molecule has 119 valence electrons. The average Bonchev–Trinajstić information content (AvgIpc) is 3.31. The van der Waals surface area contributed by atoms with Crippen molar-refractivity contribution in [1.29, 1.82) is 0 Å². The van der Waals surface area contributed by atoms with Gasteiger partial charge in [0.05, 0.1) is 16.4 Å². The van der Waals surface area contributed by atoms with Crippen LogP contribution in [-0.2, 0) is 14.6 Å². The van der Waals surface area contributed by atoms with Gasteiger partial charge in [-0.25, -0.2) is 8.42 Å². The average molecular weight is 312 g/mol. The van der Waals surface area contributed by atoms with Crippen LogP contribution in [0.4, 0.5) is 0 Å². The molecule has 21 heavy (non-hydrogen) atoms. The van der Waals surface area contributed by atoms with E-state index in [2.05, 4.69) is 6.42 Å². The van der Waals surface area contributed by atoms with Gasteiger partial charge in [-0.2, -0.15) is 0 Å². The van der Waals surface area contributed by atoms with Crippen molar-refractivity contribution >= 4 is 15.7 Å². The Labute approximate surface area is 127 Å². The predicted octanol–water partition coefficient (Wildman–Crippen LogP) is 2.23. The van der Waals surface area contributed by atoms with Crippen LogP contribution in [0.2, 0.25) is 0 Å². The lowest BCUT2D eigenvalue weighted by atomic mass is 9.70. The molecule has 0 aromatic rings. The Morgan fingerprint density at radius 3 is 2.10 bits per heavy atom. The van der Waals surface area contributed by atoms with Crippen molar-refractivity contribution < 1.29 is 13.2 Å². The molecule has 0 atom stereocenters. The van der Waals surface area contributed by atoms with Gasteiger partial charge in [-0.3, -0.25) is 4.79 Å². The molecule has 3 saturated carbocycles. The zero-order chi connectivity index (χ0) is 15.1. The summed E-state index contributed by atoms with van der Waals surface area (Å²) in [5.74, 6) is 1.23. The summed E-state index contributed by atoms with van der Waals surface area (Å²) in [7, 11) is -2.98. The van der Waals surface area contributed by atoms with Crippen LogP contribution in [-0.4, -0.2) is 25.3 Å². The number of rotatable bonds is 7. The smallest absolute Gasteiger partial charge is 0.223 e. The molecule has 0 bridgehead atoms. The first-order valence-corrected chi connectivity index (χ1v) is 9.99. The fourth-order valence-corrected chi connectivity index (χ4v) is 5.73. The Hall–Kier alpha value is -0.580. The van der Waals surface area contributed by atoms with E-state index in [1.54, 1.807) is 0 Å². The monoisotopic (exact) mass is 312 g/mol. The highest BCUT2D eigenvalue weighted by Crippen LogP contribution is 2.45. The Balaban J connectivity index is 1.59. The number of nitrogens with two attached hydrogens (primary N) is 1. The van der Waals surface area contributed by atoms with Gasteiger partial charge >= 0.3 is 0 Å². The molecule has 0 unspecified atom stereocenters. The molecule has 0 aromatic heterocycles. The van der Waals surface area contributed by atoms with Crippen molar-refractivity contribution in [3.8, 4) is 0 Å². The van der Waals surface area contributed by atoms with Crippen LogP contribution in [0.5, 0.6) is 0 Å². The maximum Gasteiger partial charge on any atom is 0.223 e. The fourth-order valence-electron chi connectivity index (χ4n) is 3.51. The van der Waals surface area contributed by atoms with E-state index in [0.717, 1.165) is 25.2 Å². The molecular weight excluding hydrogens is 286 g/mol. The second-order valence-electron chi connectivity index (χ2n) is 7.38. The van der Waals surface area contributed by atoms with E-state index in [9.17, 15) is 13.2 Å². The minimum absolute atomic E-state index is 0.250. The highest BCUT2D eigenvalue weighted by molar-refractivity contribution is 7.92. The molecule has 3 aliphatic rings. The van der Waals surface area contributed by atoms with E-state index in [4.69, 9.17) is 5.73 Å². The summed E-state index contributed by atoms with van der Waals surface area (Å²) in [6, 6.07) is 0. The van der Waals surface area contributed by atoms with Crippen molar-refractivity contribution in [1.82, 2.24) is 0 Å². The zero-order valence-corrected chi connectivity index (χ0v) is 13.4. The Kier molecular flexibility index (Phi) is 4.06. The molecule has 0 saturated heterocycles. The summed E-state index contributed by atoms with van der Waals surface area (Å²) in [4.78, 5) is 11.9. The summed E-state index contributed by atoms with van der Waals surface area (Å²) in [5.41, 5.74) is 5.09. The number of carbonyl (C=O) groups is 1. The van der Waals surface area contributed by atoms with E-state index < -0.39 is 15.3 Å². The Morgan fingerprint density at radius 1 is 1.05 bits per heavy atom. The van der Waals surface area contributed by atoms with Gasteiger partial charge in [0.2, 0.25) is 5.91 Å². The van der Waals surface area contributed by atoms with Crippen LogP contribution in [0.3, 0.4) is 0 Å². The highest BCUT2D eigenvalue weighted by atomic mass is 32.2. The van der Waals surface area contributed by atoms with E-state index in [1.165, 1.54) is 12.8 Å². The number of carbonyl (C=O) groups excluding carboxylic acids is 1. The molecule has 1 amide bonds. The minimum Gasteiger partial charge on any atom is -0.369 e. The van der Waals surface area contributed by atoms with Gasteiger partial charge in [-0.05, 0) is 63.2 Å². The SMILES string of the molecule is NC(=O)C1([CH]CC2CC2)CCC(S(=O)(=O)CC2CC2)CC1. The quantitative estimate of drug-likeness (QED) is 0.783. The molecule has 3 rings (SSSR count). The first-order chi connectivity index (χ1) is 9.91. The fraction of sp³-hybridized carbons (Fsp3) is 0.875. The van der Waals surface area contributed by atoms with Gasteiger partial charge in [0.1, 0.15) is 0 Å². The lowest BCUT2D eigenvalue weighted by molar-refractivity contribution is -0.127. The topological polar surface area (TPSA) is 77.2 Å². The largest absolute Gasteiger partial charge is 0.369 e. The third-order valence-corrected chi connectivity index (χ3v) is 7.95. The molecule has 0 heterocycles. The van der Waals surface area contributed by atoms with Crippen LogP contribution in [0.25, 0.3) is 0 Å². The van der Waals surface area contributed by atoms with Crippen molar-refractivity contribution in [2.45, 2.75) is 63.0 Å². The first-order valence-electron chi connectivity index (χ1n) is 8.27. The maximum atomic E-state index is 12.4. The lowest BCUT2D eigenvalue weighted by Crippen LogP contribution is -2.43. The van der Waals surface area contributed by atoms with E-state index in [1.807, 2.05) is 0 Å². The minimum atomic E-state index is -2.98. The van der Waals surface area contributed by atoms with Crippen molar-refractivity contribution in [2.24, 2.45) is 23.0 Å². The van der Waals surface area contributed by atoms with Gasteiger partial charge in [-0.15, -0.1) is 0 Å². The van der Waals surface area contributed by atoms with Crippen LogP contribution in [0.15, 0.2) is 0 Å². The molecule has 4 nitrogen and oxygen atoms in total. The Bertz CT molecular complexity index is 498. The third kappa shape index (κ3) is 3.61. The highest BCUT2D eigenvalue weighted by Gasteiger charge is 2.45. The molecule has 0 aromatic carbocycles. The molecule has 5 heteroatoms. The van der Waals surface area contributed by atoms with Gasteiger partial charge < -0.3 is 5.73 Å². The standard InChI is InChI=1S/C16H26NO3S/c17-15(18)16(8-5-12-1-2-12)9-6-14(7-10-16)21(19,20)11-13-3-4-13/h8,12-14H,1-7,9-11H2,(H2,17,18). The second kappa shape index (κ2) is 5.56. The summed E-state index contributed by atoms with van der Waals surface area (Å²) in [5, 5.41) is -0.250. The summed E-state index contributed by atoms with van der Waals surface area (Å²) < 4.78 is 24.7. The molecule has 0 aliphatic heterocycles. The lowest BCUT2D eigenvalue weighted by Gasteiger charge is -2.37. The van der Waals surface area contributed by atoms with Crippen LogP contribution >= 0.6 is 0 Å². The van der Waals surface area contributed by atoms with Crippen molar-refractivity contribution in [2.75, 3.05) is 5.75 Å². The summed E-state index contributed by atoms with van der Waals surface area (Å²) >= 11 is 0. The maximum absolute atomic E-state index is 12.4. The van der Waals surface area contributed by atoms with Crippen LogP contribution in [0.1, 0.15) is 57.8 Å². The third-order valence-electron chi connectivity index (χ3n) is 5.53. The number of hydrogen-bond donors (Lipinski definition) is 1. The van der Waals surface area contributed by atoms with Crippen LogP contribution < -0.4 is 5.73 Å². The molecule has 3 fully saturated rings.